The number of nitrogens with zero attached hydrogens (tertiary/aromatic N) is 2. The lowest BCUT2D eigenvalue weighted by Gasteiger charge is -2.25. The van der Waals surface area contributed by atoms with Crippen molar-refractivity contribution in [3.63, 3.8) is 0 Å². The van der Waals surface area contributed by atoms with Crippen LogP contribution in [0.4, 0.5) is 5.69 Å². The molecule has 1 amide bonds. The number of anilines is 1. The van der Waals surface area contributed by atoms with Crippen LogP contribution in [-0.4, -0.2) is 48.7 Å². The summed E-state index contributed by atoms with van der Waals surface area (Å²) >= 11 is 1.52. The SMILES string of the molecule is CCCCOc1ccc(NC(=O)c2csc(CN3CCOCC3)n2)cc1. The van der Waals surface area contributed by atoms with E-state index in [1.807, 2.05) is 29.6 Å². The molecule has 1 aromatic heterocycles. The van der Waals surface area contributed by atoms with Crippen LogP contribution in [0.25, 0.3) is 0 Å². The van der Waals surface area contributed by atoms with Crippen LogP contribution in [0.3, 0.4) is 0 Å². The maximum absolute atomic E-state index is 12.4. The Morgan fingerprint density at radius 2 is 2.08 bits per heavy atom. The van der Waals surface area contributed by atoms with Crippen molar-refractivity contribution in [2.24, 2.45) is 0 Å². The number of hydrogen-bond donors (Lipinski definition) is 1. The number of carbonyl (C=O) groups is 1. The number of amides is 1. The van der Waals surface area contributed by atoms with Crippen molar-refractivity contribution < 1.29 is 14.3 Å². The fraction of sp³-hybridized carbons (Fsp3) is 0.474. The van der Waals surface area contributed by atoms with Crippen LogP contribution in [0, 0.1) is 0 Å². The third kappa shape index (κ3) is 5.52. The molecule has 0 radical (unpaired) electrons. The van der Waals surface area contributed by atoms with Crippen LogP contribution < -0.4 is 10.1 Å². The number of aromatic nitrogens is 1. The Morgan fingerprint density at radius 1 is 1.31 bits per heavy atom. The van der Waals surface area contributed by atoms with E-state index in [1.54, 1.807) is 0 Å². The van der Waals surface area contributed by atoms with Gasteiger partial charge in [-0.25, -0.2) is 4.98 Å². The molecular weight excluding hydrogens is 350 g/mol. The monoisotopic (exact) mass is 375 g/mol. The molecule has 1 aromatic carbocycles. The highest BCUT2D eigenvalue weighted by Gasteiger charge is 2.15. The number of nitrogens with one attached hydrogen (secondary N) is 1. The largest absolute Gasteiger partial charge is 0.494 e. The standard InChI is InChI=1S/C19H25N3O3S/c1-2-3-10-25-16-6-4-15(5-7-16)20-19(23)17-14-26-18(21-17)13-22-8-11-24-12-9-22/h4-7,14H,2-3,8-13H2,1H3,(H,20,23). The highest BCUT2D eigenvalue weighted by atomic mass is 32.1. The number of ether oxygens (including phenoxy) is 2. The summed E-state index contributed by atoms with van der Waals surface area (Å²) in [6.07, 6.45) is 2.14. The second-order valence-corrected chi connectivity index (χ2v) is 7.14. The topological polar surface area (TPSA) is 63.7 Å². The molecule has 3 rings (SSSR count). The van der Waals surface area contributed by atoms with Gasteiger partial charge in [0.15, 0.2) is 0 Å². The molecule has 0 spiro atoms. The maximum Gasteiger partial charge on any atom is 0.275 e. The number of hydrogen-bond acceptors (Lipinski definition) is 6. The van der Waals surface area contributed by atoms with Crippen molar-refractivity contribution in [3.05, 3.63) is 40.3 Å². The molecule has 1 aliphatic heterocycles. The second-order valence-electron chi connectivity index (χ2n) is 6.20. The zero-order valence-electron chi connectivity index (χ0n) is 15.1. The molecule has 1 fully saturated rings. The van der Waals surface area contributed by atoms with Gasteiger partial charge in [0.1, 0.15) is 16.5 Å². The Balaban J connectivity index is 1.51. The van der Waals surface area contributed by atoms with E-state index in [-0.39, 0.29) is 5.91 Å². The van der Waals surface area contributed by atoms with E-state index in [0.29, 0.717) is 12.3 Å². The number of morpholine rings is 1. The molecule has 6 nitrogen and oxygen atoms in total. The lowest BCUT2D eigenvalue weighted by atomic mass is 10.3. The summed E-state index contributed by atoms with van der Waals surface area (Å²) in [6, 6.07) is 7.44. The minimum Gasteiger partial charge on any atom is -0.494 e. The number of rotatable bonds is 8. The number of carbonyl (C=O) groups excluding carboxylic acids is 1. The average Bonchev–Trinajstić information content (AvgIpc) is 3.13. The zero-order valence-corrected chi connectivity index (χ0v) is 15.9. The first-order valence-corrected chi connectivity index (χ1v) is 9.91. The summed E-state index contributed by atoms with van der Waals surface area (Å²) in [5.74, 6) is 0.632. The molecule has 0 bridgehead atoms. The molecular formula is C19H25N3O3S. The Labute approximate surface area is 158 Å². The van der Waals surface area contributed by atoms with Crippen molar-refractivity contribution in [1.82, 2.24) is 9.88 Å². The van der Waals surface area contributed by atoms with Gasteiger partial charge in [-0.1, -0.05) is 13.3 Å². The van der Waals surface area contributed by atoms with Crippen LogP contribution in [0.5, 0.6) is 5.75 Å². The summed E-state index contributed by atoms with van der Waals surface area (Å²) in [6.45, 7) is 6.96. The fourth-order valence-corrected chi connectivity index (χ4v) is 3.42. The van der Waals surface area contributed by atoms with Gasteiger partial charge in [-0.05, 0) is 30.7 Å². The predicted octanol–water partition coefficient (Wildman–Crippen LogP) is 3.41. The van der Waals surface area contributed by atoms with Gasteiger partial charge >= 0.3 is 0 Å². The fourth-order valence-electron chi connectivity index (χ4n) is 2.60. The molecule has 7 heteroatoms. The molecule has 0 saturated carbocycles. The van der Waals surface area contributed by atoms with E-state index < -0.39 is 0 Å². The van der Waals surface area contributed by atoms with Gasteiger partial charge in [-0.15, -0.1) is 11.3 Å². The normalized spacial score (nSPS) is 15.0. The zero-order chi connectivity index (χ0) is 18.2. The quantitative estimate of drug-likeness (QED) is 0.717. The highest BCUT2D eigenvalue weighted by Crippen LogP contribution is 2.18. The van der Waals surface area contributed by atoms with E-state index in [4.69, 9.17) is 9.47 Å². The Kier molecular flexibility index (Phi) is 6.99. The number of unbranched alkanes of at least 4 members (excludes halogenated alkanes) is 1. The Morgan fingerprint density at radius 3 is 2.81 bits per heavy atom. The van der Waals surface area contributed by atoms with Crippen molar-refractivity contribution in [2.45, 2.75) is 26.3 Å². The summed E-state index contributed by atoms with van der Waals surface area (Å²) in [7, 11) is 0. The molecule has 0 aliphatic carbocycles. The number of benzene rings is 1. The molecule has 0 unspecified atom stereocenters. The maximum atomic E-state index is 12.4. The molecule has 0 atom stereocenters. The lowest BCUT2D eigenvalue weighted by molar-refractivity contribution is 0.0341. The van der Waals surface area contributed by atoms with Crippen LogP contribution in [0.15, 0.2) is 29.6 Å². The van der Waals surface area contributed by atoms with E-state index in [9.17, 15) is 4.79 Å². The molecule has 2 heterocycles. The summed E-state index contributed by atoms with van der Waals surface area (Å²) < 4.78 is 11.0. The van der Waals surface area contributed by atoms with Gasteiger partial charge < -0.3 is 14.8 Å². The molecule has 26 heavy (non-hydrogen) atoms. The van der Waals surface area contributed by atoms with E-state index in [0.717, 1.165) is 62.1 Å². The van der Waals surface area contributed by atoms with Crippen LogP contribution in [0.1, 0.15) is 35.3 Å². The summed E-state index contributed by atoms with van der Waals surface area (Å²) in [5.41, 5.74) is 1.20. The third-order valence-electron chi connectivity index (χ3n) is 4.13. The van der Waals surface area contributed by atoms with Gasteiger partial charge in [0, 0.05) is 24.2 Å². The van der Waals surface area contributed by atoms with Crippen LogP contribution >= 0.6 is 11.3 Å². The van der Waals surface area contributed by atoms with Crippen molar-refractivity contribution in [2.75, 3.05) is 38.2 Å². The summed E-state index contributed by atoms with van der Waals surface area (Å²) in [4.78, 5) is 19.1. The van der Waals surface area contributed by atoms with Gasteiger partial charge in [0.05, 0.1) is 26.4 Å². The smallest absolute Gasteiger partial charge is 0.275 e. The van der Waals surface area contributed by atoms with Gasteiger partial charge in [-0.2, -0.15) is 0 Å². The first-order valence-electron chi connectivity index (χ1n) is 9.03. The van der Waals surface area contributed by atoms with Crippen LogP contribution in [0.2, 0.25) is 0 Å². The average molecular weight is 375 g/mol. The minimum atomic E-state index is -0.186. The first kappa shape index (κ1) is 18.8. The van der Waals surface area contributed by atoms with Gasteiger partial charge in [-0.3, -0.25) is 9.69 Å². The highest BCUT2D eigenvalue weighted by molar-refractivity contribution is 7.09. The molecule has 2 aromatic rings. The first-order chi connectivity index (χ1) is 12.7. The molecule has 1 aliphatic rings. The molecule has 140 valence electrons. The van der Waals surface area contributed by atoms with Crippen molar-refractivity contribution >= 4 is 22.9 Å². The van der Waals surface area contributed by atoms with Crippen molar-refractivity contribution in [1.29, 1.82) is 0 Å². The Hall–Kier alpha value is -1.96. The van der Waals surface area contributed by atoms with Crippen molar-refractivity contribution in [3.8, 4) is 5.75 Å². The van der Waals surface area contributed by atoms with Gasteiger partial charge in [0.25, 0.3) is 5.91 Å². The van der Waals surface area contributed by atoms with E-state index >= 15 is 0 Å². The molecule has 1 saturated heterocycles. The van der Waals surface area contributed by atoms with Gasteiger partial charge in [0.2, 0.25) is 0 Å². The predicted molar refractivity (Wildman–Crippen MR) is 103 cm³/mol. The second kappa shape index (κ2) is 9.66. The van der Waals surface area contributed by atoms with E-state index in [1.165, 1.54) is 11.3 Å². The Bertz CT molecular complexity index is 696. The molecule has 1 N–H and O–H groups in total. The van der Waals surface area contributed by atoms with Crippen LogP contribution in [-0.2, 0) is 11.3 Å². The van der Waals surface area contributed by atoms with E-state index in [2.05, 4.69) is 22.1 Å². The number of thiazole rings is 1. The minimum absolute atomic E-state index is 0.186. The lowest BCUT2D eigenvalue weighted by Crippen LogP contribution is -2.35. The third-order valence-corrected chi connectivity index (χ3v) is 4.96. The summed E-state index contributed by atoms with van der Waals surface area (Å²) in [5, 5.41) is 5.65.